The quantitative estimate of drug-likeness (QED) is 0.163. The molecule has 1 saturated carbocycles. The molecule has 162 valence electrons. The van der Waals surface area contributed by atoms with Crippen LogP contribution in [-0.4, -0.2) is 62.9 Å². The molecule has 29 heavy (non-hydrogen) atoms. The molecule has 2 amide bonds. The van der Waals surface area contributed by atoms with E-state index < -0.39 is 0 Å². The second kappa shape index (κ2) is 13.4. The van der Waals surface area contributed by atoms with Crippen molar-refractivity contribution in [3.8, 4) is 0 Å². The first kappa shape index (κ1) is 25.2. The van der Waals surface area contributed by atoms with Gasteiger partial charge in [-0.05, 0) is 51.6 Å². The predicted octanol–water partition coefficient (Wildman–Crippen LogP) is 1.39. The standard InChI is InChI=1S/C20H32N6O2.HI/c1-4-21-20(23-11-10-22-19(28)16-8-9-16)24-13-15-6-5-7-17(12-15)25-18(27)14-26(2)3;/h5-7,12,16H,4,8-11,13-14H2,1-3H3,(H,22,28)(H,25,27)(H2,21,23,24);1H. The van der Waals surface area contributed by atoms with Crippen LogP contribution in [0.1, 0.15) is 25.3 Å². The average molecular weight is 516 g/mol. The topological polar surface area (TPSA) is 97.9 Å². The van der Waals surface area contributed by atoms with Crippen LogP contribution in [0.25, 0.3) is 0 Å². The second-order valence-corrected chi connectivity index (χ2v) is 7.17. The van der Waals surface area contributed by atoms with Gasteiger partial charge in [0.05, 0.1) is 13.1 Å². The molecule has 0 aromatic heterocycles. The molecule has 0 atom stereocenters. The lowest BCUT2D eigenvalue weighted by molar-refractivity contribution is -0.122. The summed E-state index contributed by atoms with van der Waals surface area (Å²) in [5.74, 6) is 1.03. The fourth-order valence-electron chi connectivity index (χ4n) is 2.60. The number of likely N-dealkylation sites (N-methyl/N-ethyl adjacent to an activating group) is 1. The summed E-state index contributed by atoms with van der Waals surface area (Å²) in [6, 6.07) is 7.68. The molecule has 4 N–H and O–H groups in total. The first-order valence-corrected chi connectivity index (χ1v) is 9.81. The number of benzene rings is 1. The van der Waals surface area contributed by atoms with E-state index in [4.69, 9.17) is 0 Å². The molecule has 0 bridgehead atoms. The van der Waals surface area contributed by atoms with E-state index in [0.717, 1.165) is 30.6 Å². The molecule has 9 heteroatoms. The third kappa shape index (κ3) is 10.5. The number of nitrogens with zero attached hydrogens (tertiary/aromatic N) is 2. The van der Waals surface area contributed by atoms with Crippen molar-refractivity contribution < 1.29 is 9.59 Å². The Balaban J connectivity index is 0.00000420. The molecule has 0 heterocycles. The molecule has 0 saturated heterocycles. The molecule has 0 aliphatic heterocycles. The van der Waals surface area contributed by atoms with Gasteiger partial charge in [-0.3, -0.25) is 9.59 Å². The van der Waals surface area contributed by atoms with E-state index in [2.05, 4.69) is 26.3 Å². The number of amides is 2. The van der Waals surface area contributed by atoms with Crippen molar-refractivity contribution in [3.63, 3.8) is 0 Å². The SMILES string of the molecule is CCNC(=NCc1cccc(NC(=O)CN(C)C)c1)NCCNC(=O)C1CC1.I. The highest BCUT2D eigenvalue weighted by molar-refractivity contribution is 14.0. The molecule has 1 aromatic carbocycles. The summed E-state index contributed by atoms with van der Waals surface area (Å²) in [6.45, 7) is 4.78. The fraction of sp³-hybridized carbons (Fsp3) is 0.550. The van der Waals surface area contributed by atoms with Gasteiger partial charge in [0.1, 0.15) is 0 Å². The Morgan fingerprint density at radius 1 is 1.14 bits per heavy atom. The van der Waals surface area contributed by atoms with Gasteiger partial charge in [-0.25, -0.2) is 4.99 Å². The van der Waals surface area contributed by atoms with Gasteiger partial charge in [-0.2, -0.15) is 0 Å². The lowest BCUT2D eigenvalue weighted by Gasteiger charge is -2.12. The number of hydrogen-bond donors (Lipinski definition) is 4. The third-order valence-corrected chi connectivity index (χ3v) is 4.10. The average Bonchev–Trinajstić information content (AvgIpc) is 3.47. The van der Waals surface area contributed by atoms with Crippen LogP contribution >= 0.6 is 24.0 Å². The maximum absolute atomic E-state index is 11.9. The van der Waals surface area contributed by atoms with Gasteiger partial charge in [0.25, 0.3) is 0 Å². The van der Waals surface area contributed by atoms with Gasteiger partial charge in [0.15, 0.2) is 5.96 Å². The number of anilines is 1. The molecule has 1 aliphatic carbocycles. The number of nitrogens with one attached hydrogen (secondary N) is 4. The molecule has 0 radical (unpaired) electrons. The summed E-state index contributed by atoms with van der Waals surface area (Å²) in [7, 11) is 3.72. The summed E-state index contributed by atoms with van der Waals surface area (Å²) in [4.78, 5) is 29.9. The normalized spacial score (nSPS) is 13.4. The molecule has 1 aromatic rings. The van der Waals surface area contributed by atoms with Crippen LogP contribution in [0.3, 0.4) is 0 Å². The van der Waals surface area contributed by atoms with Crippen LogP contribution in [0, 0.1) is 5.92 Å². The van der Waals surface area contributed by atoms with E-state index >= 15 is 0 Å². The van der Waals surface area contributed by atoms with E-state index in [1.165, 1.54) is 0 Å². The lowest BCUT2D eigenvalue weighted by atomic mass is 10.2. The Kier molecular flexibility index (Phi) is 11.6. The summed E-state index contributed by atoms with van der Waals surface area (Å²) in [5.41, 5.74) is 1.77. The summed E-state index contributed by atoms with van der Waals surface area (Å²) in [6.07, 6.45) is 2.02. The largest absolute Gasteiger partial charge is 0.357 e. The molecular weight excluding hydrogens is 483 g/mol. The number of halogens is 1. The monoisotopic (exact) mass is 516 g/mol. The first-order valence-electron chi connectivity index (χ1n) is 9.81. The van der Waals surface area contributed by atoms with Crippen molar-refractivity contribution in [1.82, 2.24) is 20.9 Å². The van der Waals surface area contributed by atoms with Crippen LogP contribution in [0.15, 0.2) is 29.3 Å². The fourth-order valence-corrected chi connectivity index (χ4v) is 2.60. The van der Waals surface area contributed by atoms with E-state index in [9.17, 15) is 9.59 Å². The van der Waals surface area contributed by atoms with Crippen LogP contribution < -0.4 is 21.3 Å². The summed E-state index contributed by atoms with van der Waals surface area (Å²) in [5, 5.41) is 12.2. The van der Waals surface area contributed by atoms with Crippen LogP contribution in [-0.2, 0) is 16.1 Å². The Bertz CT molecular complexity index is 691. The number of guanidine groups is 1. The van der Waals surface area contributed by atoms with Crippen LogP contribution in [0.4, 0.5) is 5.69 Å². The minimum atomic E-state index is -0.0473. The summed E-state index contributed by atoms with van der Waals surface area (Å²) >= 11 is 0. The molecule has 1 aliphatic rings. The molecular formula is C20H33IN6O2. The molecule has 8 nitrogen and oxygen atoms in total. The molecule has 2 rings (SSSR count). The number of carbonyl (C=O) groups excluding carboxylic acids is 2. The zero-order chi connectivity index (χ0) is 20.4. The Hall–Kier alpha value is -1.88. The maximum Gasteiger partial charge on any atom is 0.238 e. The zero-order valence-electron chi connectivity index (χ0n) is 17.5. The van der Waals surface area contributed by atoms with Gasteiger partial charge in [0, 0.05) is 31.2 Å². The molecule has 0 spiro atoms. The third-order valence-electron chi connectivity index (χ3n) is 4.10. The van der Waals surface area contributed by atoms with E-state index in [-0.39, 0.29) is 41.7 Å². The second-order valence-electron chi connectivity index (χ2n) is 7.17. The van der Waals surface area contributed by atoms with Crippen LogP contribution in [0.2, 0.25) is 0 Å². The highest BCUT2D eigenvalue weighted by atomic mass is 127. The van der Waals surface area contributed by atoms with Gasteiger partial charge in [-0.15, -0.1) is 24.0 Å². The first-order chi connectivity index (χ1) is 13.5. The number of rotatable bonds is 10. The van der Waals surface area contributed by atoms with E-state index in [1.807, 2.05) is 50.2 Å². The lowest BCUT2D eigenvalue weighted by Crippen LogP contribution is -2.41. The Morgan fingerprint density at radius 3 is 2.52 bits per heavy atom. The van der Waals surface area contributed by atoms with Crippen LogP contribution in [0.5, 0.6) is 0 Å². The van der Waals surface area contributed by atoms with Crippen molar-refractivity contribution in [3.05, 3.63) is 29.8 Å². The zero-order valence-corrected chi connectivity index (χ0v) is 19.8. The smallest absolute Gasteiger partial charge is 0.238 e. The Morgan fingerprint density at radius 2 is 1.86 bits per heavy atom. The van der Waals surface area contributed by atoms with Crippen molar-refractivity contribution in [2.45, 2.75) is 26.3 Å². The maximum atomic E-state index is 11.9. The number of aliphatic imine (C=N–C) groups is 1. The highest BCUT2D eigenvalue weighted by Gasteiger charge is 2.28. The van der Waals surface area contributed by atoms with E-state index in [0.29, 0.717) is 32.1 Å². The molecule has 1 fully saturated rings. The van der Waals surface area contributed by atoms with Gasteiger partial charge >= 0.3 is 0 Å². The van der Waals surface area contributed by atoms with Crippen molar-refractivity contribution in [2.24, 2.45) is 10.9 Å². The van der Waals surface area contributed by atoms with Gasteiger partial charge in [-0.1, -0.05) is 12.1 Å². The minimum Gasteiger partial charge on any atom is -0.357 e. The van der Waals surface area contributed by atoms with Gasteiger partial charge in [0.2, 0.25) is 11.8 Å². The van der Waals surface area contributed by atoms with Gasteiger partial charge < -0.3 is 26.2 Å². The highest BCUT2D eigenvalue weighted by Crippen LogP contribution is 2.28. The number of hydrogen-bond acceptors (Lipinski definition) is 4. The van der Waals surface area contributed by atoms with Crippen molar-refractivity contribution >= 4 is 47.4 Å². The summed E-state index contributed by atoms with van der Waals surface area (Å²) < 4.78 is 0. The van der Waals surface area contributed by atoms with Crippen molar-refractivity contribution in [1.29, 1.82) is 0 Å². The predicted molar refractivity (Wildman–Crippen MR) is 128 cm³/mol. The minimum absolute atomic E-state index is 0. The van der Waals surface area contributed by atoms with Crippen molar-refractivity contribution in [2.75, 3.05) is 45.6 Å². The van der Waals surface area contributed by atoms with E-state index in [1.54, 1.807) is 0 Å². The molecule has 0 unspecified atom stereocenters. The Labute approximate surface area is 190 Å². The number of carbonyl (C=O) groups is 2.